The van der Waals surface area contributed by atoms with Gasteiger partial charge >= 0.3 is 0 Å². The molecule has 0 aliphatic carbocycles. The second kappa shape index (κ2) is 7.78. The predicted octanol–water partition coefficient (Wildman–Crippen LogP) is 2.57. The van der Waals surface area contributed by atoms with Crippen LogP contribution in [-0.4, -0.2) is 40.1 Å². The topological polar surface area (TPSA) is 71.3 Å². The van der Waals surface area contributed by atoms with Gasteiger partial charge in [-0.2, -0.15) is 4.98 Å². The number of nitrogens with zero attached hydrogens (tertiary/aromatic N) is 3. The Bertz CT molecular complexity index is 700. The minimum Gasteiger partial charge on any atom is -0.343 e. The van der Waals surface area contributed by atoms with Gasteiger partial charge in [-0.1, -0.05) is 42.4 Å². The van der Waals surface area contributed by atoms with E-state index in [4.69, 9.17) is 4.52 Å². The molecule has 3 atom stereocenters. The number of benzene rings is 1. The van der Waals surface area contributed by atoms with Gasteiger partial charge in [0.2, 0.25) is 11.8 Å². The number of hydrogen-bond donors (Lipinski definition) is 1. The minimum atomic E-state index is -0.00616. The van der Waals surface area contributed by atoms with Crippen molar-refractivity contribution in [1.82, 2.24) is 20.4 Å². The second-order valence-corrected chi connectivity index (χ2v) is 6.94. The van der Waals surface area contributed by atoms with Crippen molar-refractivity contribution in [1.29, 1.82) is 0 Å². The van der Waals surface area contributed by atoms with E-state index < -0.39 is 0 Å². The maximum atomic E-state index is 11.5. The average Bonchev–Trinajstić information content (AvgIpc) is 3.06. The fourth-order valence-corrected chi connectivity index (χ4v) is 3.37. The van der Waals surface area contributed by atoms with E-state index in [-0.39, 0.29) is 11.9 Å². The van der Waals surface area contributed by atoms with Gasteiger partial charge in [0.15, 0.2) is 5.82 Å². The van der Waals surface area contributed by atoms with Gasteiger partial charge in [0.1, 0.15) is 0 Å². The summed E-state index contributed by atoms with van der Waals surface area (Å²) in [6.45, 7) is 7.45. The fourth-order valence-electron chi connectivity index (χ4n) is 3.37. The Hall–Kier alpha value is -2.21. The maximum absolute atomic E-state index is 11.5. The van der Waals surface area contributed by atoms with Gasteiger partial charge in [-0.05, 0) is 24.8 Å². The molecule has 1 N–H and O–H groups in total. The molecule has 0 spiro atoms. The summed E-state index contributed by atoms with van der Waals surface area (Å²) >= 11 is 0. The first-order valence-corrected chi connectivity index (χ1v) is 8.91. The Kier molecular flexibility index (Phi) is 5.48. The van der Waals surface area contributed by atoms with Crippen molar-refractivity contribution in [2.75, 3.05) is 13.1 Å². The molecule has 1 aromatic heterocycles. The Morgan fingerprint density at radius 2 is 2.16 bits per heavy atom. The first kappa shape index (κ1) is 17.6. The smallest absolute Gasteiger partial charge is 0.243 e. The summed E-state index contributed by atoms with van der Waals surface area (Å²) in [4.78, 5) is 18.0. The molecule has 3 rings (SSSR count). The highest BCUT2D eigenvalue weighted by Gasteiger charge is 2.29. The molecule has 2 heterocycles. The number of amides is 1. The van der Waals surface area contributed by atoms with Crippen LogP contribution in [0.15, 0.2) is 34.9 Å². The van der Waals surface area contributed by atoms with Crippen molar-refractivity contribution in [3.8, 4) is 0 Å². The Labute approximate surface area is 148 Å². The van der Waals surface area contributed by atoms with Crippen molar-refractivity contribution < 1.29 is 9.32 Å². The van der Waals surface area contributed by atoms with Gasteiger partial charge < -0.3 is 14.7 Å². The van der Waals surface area contributed by atoms with Gasteiger partial charge in [-0.25, -0.2) is 0 Å². The maximum Gasteiger partial charge on any atom is 0.243 e. The number of carbonyl (C=O) groups excluding carboxylic acids is 1. The van der Waals surface area contributed by atoms with E-state index in [9.17, 15) is 4.79 Å². The lowest BCUT2D eigenvalue weighted by Crippen LogP contribution is -2.50. The number of hydrogen-bond acceptors (Lipinski definition) is 5. The van der Waals surface area contributed by atoms with Crippen LogP contribution in [0.3, 0.4) is 0 Å². The summed E-state index contributed by atoms with van der Waals surface area (Å²) in [5, 5.41) is 7.69. The molecule has 6 nitrogen and oxygen atoms in total. The van der Waals surface area contributed by atoms with Crippen molar-refractivity contribution in [3.05, 3.63) is 47.6 Å². The van der Waals surface area contributed by atoms with Gasteiger partial charge in [0, 0.05) is 32.5 Å². The fraction of sp³-hybridized carbons (Fsp3) is 0.526. The number of rotatable bonds is 5. The molecular weight excluding hydrogens is 316 g/mol. The van der Waals surface area contributed by atoms with Gasteiger partial charge in [-0.3, -0.25) is 4.79 Å². The SMILES string of the molecule is CC(=O)N1CC[C@H](N[C@H](C)c2nc(Cc3ccccc3)no2)[C@H](C)C1. The zero-order chi connectivity index (χ0) is 17.8. The molecule has 0 bridgehead atoms. The van der Waals surface area contributed by atoms with Crippen LogP contribution in [0, 0.1) is 5.92 Å². The first-order valence-electron chi connectivity index (χ1n) is 8.91. The zero-order valence-electron chi connectivity index (χ0n) is 15.1. The molecule has 0 radical (unpaired) electrons. The van der Waals surface area contributed by atoms with Gasteiger partial charge in [0.05, 0.1) is 6.04 Å². The molecule has 25 heavy (non-hydrogen) atoms. The molecule has 0 saturated carbocycles. The van der Waals surface area contributed by atoms with Crippen molar-refractivity contribution >= 4 is 5.91 Å². The highest BCUT2D eigenvalue weighted by Crippen LogP contribution is 2.21. The number of piperidine rings is 1. The summed E-state index contributed by atoms with van der Waals surface area (Å²) in [6, 6.07) is 10.5. The van der Waals surface area contributed by atoms with Crippen molar-refractivity contribution in [2.45, 2.75) is 45.7 Å². The highest BCUT2D eigenvalue weighted by molar-refractivity contribution is 5.73. The molecule has 1 fully saturated rings. The third-order valence-electron chi connectivity index (χ3n) is 4.87. The molecule has 2 aromatic rings. The second-order valence-electron chi connectivity index (χ2n) is 6.94. The number of aromatic nitrogens is 2. The third-order valence-corrected chi connectivity index (χ3v) is 4.87. The van der Waals surface area contributed by atoms with Crippen LogP contribution in [0.4, 0.5) is 0 Å². The van der Waals surface area contributed by atoms with Gasteiger partial charge in [0.25, 0.3) is 0 Å². The van der Waals surface area contributed by atoms with Crippen LogP contribution >= 0.6 is 0 Å². The lowest BCUT2D eigenvalue weighted by molar-refractivity contribution is -0.130. The summed E-state index contributed by atoms with van der Waals surface area (Å²) in [7, 11) is 0. The van der Waals surface area contributed by atoms with Crippen LogP contribution in [0.25, 0.3) is 0 Å². The molecule has 1 aliphatic heterocycles. The monoisotopic (exact) mass is 342 g/mol. The largest absolute Gasteiger partial charge is 0.343 e. The van der Waals surface area contributed by atoms with E-state index >= 15 is 0 Å². The van der Waals surface area contributed by atoms with Crippen molar-refractivity contribution in [3.63, 3.8) is 0 Å². The minimum absolute atomic E-state index is 0.00616. The van der Waals surface area contributed by atoms with Gasteiger partial charge in [-0.15, -0.1) is 0 Å². The van der Waals surface area contributed by atoms with Crippen LogP contribution in [0.5, 0.6) is 0 Å². The molecule has 1 saturated heterocycles. The quantitative estimate of drug-likeness (QED) is 0.904. The predicted molar refractivity (Wildman–Crippen MR) is 94.9 cm³/mol. The molecule has 6 heteroatoms. The third kappa shape index (κ3) is 4.45. The molecular formula is C19H26N4O2. The Morgan fingerprint density at radius 3 is 2.84 bits per heavy atom. The van der Waals surface area contributed by atoms with Crippen LogP contribution in [0.2, 0.25) is 0 Å². The molecule has 0 unspecified atom stereocenters. The standard InChI is InChI=1S/C19H26N4O2/c1-13-12-23(15(3)24)10-9-17(13)20-14(2)19-21-18(22-25-19)11-16-7-5-4-6-8-16/h4-8,13-14,17,20H,9-12H2,1-3H3/t13-,14-,17+/m1/s1. The van der Waals surface area contributed by atoms with E-state index in [0.29, 0.717) is 30.1 Å². The first-order chi connectivity index (χ1) is 12.0. The number of likely N-dealkylation sites (tertiary alicyclic amines) is 1. The summed E-state index contributed by atoms with van der Waals surface area (Å²) in [5.74, 6) is 1.87. The highest BCUT2D eigenvalue weighted by atomic mass is 16.5. The Morgan fingerprint density at radius 1 is 1.40 bits per heavy atom. The van der Waals surface area contributed by atoms with Crippen LogP contribution in [0.1, 0.15) is 50.5 Å². The average molecular weight is 342 g/mol. The van der Waals surface area contributed by atoms with Crippen molar-refractivity contribution in [2.24, 2.45) is 5.92 Å². The zero-order valence-corrected chi connectivity index (χ0v) is 15.1. The lowest BCUT2D eigenvalue weighted by Gasteiger charge is -2.37. The normalized spacial score (nSPS) is 22.0. The number of nitrogens with one attached hydrogen (secondary N) is 1. The molecule has 134 valence electrons. The molecule has 1 aliphatic rings. The van der Waals surface area contributed by atoms with Crippen LogP contribution in [-0.2, 0) is 11.2 Å². The molecule has 1 aromatic carbocycles. The Balaban J connectivity index is 1.57. The van der Waals surface area contributed by atoms with E-state index in [1.54, 1.807) is 6.92 Å². The molecule has 1 amide bonds. The number of carbonyl (C=O) groups is 1. The summed E-state index contributed by atoms with van der Waals surface area (Å²) < 4.78 is 5.45. The summed E-state index contributed by atoms with van der Waals surface area (Å²) in [6.07, 6.45) is 1.61. The van der Waals surface area contributed by atoms with Crippen LogP contribution < -0.4 is 5.32 Å². The van der Waals surface area contributed by atoms with E-state index in [1.165, 1.54) is 5.56 Å². The van der Waals surface area contributed by atoms with E-state index in [0.717, 1.165) is 19.5 Å². The van der Waals surface area contributed by atoms with E-state index in [1.807, 2.05) is 30.0 Å². The van der Waals surface area contributed by atoms with E-state index in [2.05, 4.69) is 34.5 Å². The summed E-state index contributed by atoms with van der Waals surface area (Å²) in [5.41, 5.74) is 1.17. The lowest BCUT2D eigenvalue weighted by atomic mass is 9.93.